The van der Waals surface area contributed by atoms with E-state index in [1.54, 1.807) is 6.20 Å². The summed E-state index contributed by atoms with van der Waals surface area (Å²) >= 11 is 0. The predicted molar refractivity (Wildman–Crippen MR) is 119 cm³/mol. The van der Waals surface area contributed by atoms with Crippen molar-refractivity contribution < 1.29 is 9.59 Å². The van der Waals surface area contributed by atoms with Crippen molar-refractivity contribution in [1.29, 1.82) is 0 Å². The number of rotatable bonds is 4. The molecule has 1 amide bonds. The van der Waals surface area contributed by atoms with Gasteiger partial charge in [-0.25, -0.2) is 4.98 Å². The predicted octanol–water partition coefficient (Wildman–Crippen LogP) is 5.17. The van der Waals surface area contributed by atoms with Crippen molar-refractivity contribution in [1.82, 2.24) is 9.97 Å². The molecule has 0 bridgehead atoms. The molecule has 0 saturated carbocycles. The summed E-state index contributed by atoms with van der Waals surface area (Å²) in [4.78, 5) is 33.0. The van der Waals surface area contributed by atoms with Crippen LogP contribution in [0.5, 0.6) is 0 Å². The first-order valence-electron chi connectivity index (χ1n) is 10.4. The van der Waals surface area contributed by atoms with E-state index >= 15 is 0 Å². The van der Waals surface area contributed by atoms with Gasteiger partial charge in [-0.3, -0.25) is 9.59 Å². The molecule has 1 aliphatic rings. The molecule has 0 saturated heterocycles. The molecule has 30 heavy (non-hydrogen) atoms. The summed E-state index contributed by atoms with van der Waals surface area (Å²) in [5.41, 5.74) is 5.40. The third-order valence-electron chi connectivity index (χ3n) is 5.49. The van der Waals surface area contributed by atoms with Crippen LogP contribution in [0.15, 0.2) is 48.7 Å². The normalized spacial score (nSPS) is 13.8. The fraction of sp³-hybridized carbons (Fsp3) is 0.320. The van der Waals surface area contributed by atoms with Crippen molar-refractivity contribution in [3.05, 3.63) is 71.0 Å². The number of anilines is 1. The van der Waals surface area contributed by atoms with Gasteiger partial charge in [0.2, 0.25) is 5.91 Å². The number of ketones is 1. The zero-order valence-corrected chi connectivity index (χ0v) is 17.7. The highest BCUT2D eigenvalue weighted by atomic mass is 16.2. The average Bonchev–Trinajstić information content (AvgIpc) is 3.08. The second-order valence-corrected chi connectivity index (χ2v) is 8.91. The van der Waals surface area contributed by atoms with Crippen LogP contribution in [-0.4, -0.2) is 21.7 Å². The van der Waals surface area contributed by atoms with Crippen molar-refractivity contribution in [2.45, 2.75) is 46.5 Å². The van der Waals surface area contributed by atoms with Gasteiger partial charge in [-0.1, -0.05) is 51.1 Å². The standard InChI is InChI=1S/C25H27N3O2/c1-25(2,3)24(30)28-21-15-17(12-13-26-21)23-18(14-16-8-5-4-6-9-16)22-19(27-23)10-7-11-20(22)29/h4-6,8-9,12-13,15,27H,7,10-11,14H2,1-3H3,(H,26,28,30). The van der Waals surface area contributed by atoms with Gasteiger partial charge in [0.05, 0.1) is 5.69 Å². The molecule has 0 atom stereocenters. The Labute approximate surface area is 176 Å². The lowest BCUT2D eigenvalue weighted by molar-refractivity contribution is -0.123. The molecule has 0 fully saturated rings. The average molecular weight is 402 g/mol. The number of H-pyrrole nitrogens is 1. The summed E-state index contributed by atoms with van der Waals surface area (Å²) in [5, 5.41) is 2.90. The van der Waals surface area contributed by atoms with Gasteiger partial charge in [-0.2, -0.15) is 0 Å². The van der Waals surface area contributed by atoms with Crippen LogP contribution >= 0.6 is 0 Å². The summed E-state index contributed by atoms with van der Waals surface area (Å²) in [7, 11) is 0. The lowest BCUT2D eigenvalue weighted by Gasteiger charge is -2.17. The molecule has 2 heterocycles. The van der Waals surface area contributed by atoms with Crippen molar-refractivity contribution in [3.8, 4) is 11.3 Å². The van der Waals surface area contributed by atoms with E-state index in [1.165, 1.54) is 0 Å². The second kappa shape index (κ2) is 7.90. The first kappa shape index (κ1) is 20.1. The van der Waals surface area contributed by atoms with Crippen LogP contribution < -0.4 is 5.32 Å². The van der Waals surface area contributed by atoms with Gasteiger partial charge in [0.15, 0.2) is 5.78 Å². The number of fused-ring (bicyclic) bond motifs is 1. The number of aromatic nitrogens is 2. The minimum atomic E-state index is -0.506. The smallest absolute Gasteiger partial charge is 0.230 e. The van der Waals surface area contributed by atoms with E-state index in [9.17, 15) is 9.59 Å². The van der Waals surface area contributed by atoms with Gasteiger partial charge in [-0.05, 0) is 36.1 Å². The molecular weight excluding hydrogens is 374 g/mol. The highest BCUT2D eigenvalue weighted by Crippen LogP contribution is 2.35. The third-order valence-corrected chi connectivity index (χ3v) is 5.49. The number of carbonyl (C=O) groups is 2. The number of hydrogen-bond donors (Lipinski definition) is 2. The zero-order chi connectivity index (χ0) is 21.3. The van der Waals surface area contributed by atoms with Gasteiger partial charge in [0.1, 0.15) is 5.82 Å². The van der Waals surface area contributed by atoms with Crippen LogP contribution in [0.1, 0.15) is 60.8 Å². The fourth-order valence-electron chi connectivity index (χ4n) is 3.85. The molecule has 0 unspecified atom stereocenters. The lowest BCUT2D eigenvalue weighted by atomic mass is 9.90. The van der Waals surface area contributed by atoms with Crippen LogP contribution in [0.3, 0.4) is 0 Å². The van der Waals surface area contributed by atoms with Crippen molar-refractivity contribution in [2.24, 2.45) is 5.41 Å². The Balaban J connectivity index is 1.76. The van der Waals surface area contributed by atoms with Crippen molar-refractivity contribution in [3.63, 3.8) is 0 Å². The molecule has 0 radical (unpaired) electrons. The molecule has 0 spiro atoms. The van der Waals surface area contributed by atoms with Gasteiger partial charge >= 0.3 is 0 Å². The minimum Gasteiger partial charge on any atom is -0.358 e. The maximum absolute atomic E-state index is 12.8. The summed E-state index contributed by atoms with van der Waals surface area (Å²) in [5.74, 6) is 0.634. The maximum Gasteiger partial charge on any atom is 0.230 e. The first-order chi connectivity index (χ1) is 14.3. The minimum absolute atomic E-state index is 0.0855. The van der Waals surface area contributed by atoms with E-state index < -0.39 is 5.41 Å². The molecule has 1 aliphatic carbocycles. The number of pyridine rings is 1. The first-order valence-corrected chi connectivity index (χ1v) is 10.4. The van der Waals surface area contributed by atoms with Gasteiger partial charge in [0, 0.05) is 41.3 Å². The molecule has 3 aromatic rings. The molecule has 5 heteroatoms. The second-order valence-electron chi connectivity index (χ2n) is 8.91. The van der Waals surface area contributed by atoms with E-state index in [0.29, 0.717) is 18.7 Å². The van der Waals surface area contributed by atoms with Crippen LogP contribution in [0.25, 0.3) is 11.3 Å². The summed E-state index contributed by atoms with van der Waals surface area (Å²) < 4.78 is 0. The van der Waals surface area contributed by atoms with Crippen LogP contribution in [0.2, 0.25) is 0 Å². The Hall–Kier alpha value is -3.21. The molecule has 2 N–H and O–H groups in total. The van der Waals surface area contributed by atoms with E-state index in [1.807, 2.05) is 51.1 Å². The molecular formula is C25H27N3O2. The number of nitrogens with zero attached hydrogens (tertiary/aromatic N) is 1. The Morgan fingerprint density at radius 3 is 2.63 bits per heavy atom. The highest BCUT2D eigenvalue weighted by molar-refractivity contribution is 6.01. The van der Waals surface area contributed by atoms with Crippen molar-refractivity contribution in [2.75, 3.05) is 5.32 Å². The highest BCUT2D eigenvalue weighted by Gasteiger charge is 2.27. The number of aromatic amines is 1. The Bertz CT molecular complexity index is 1090. The van der Waals surface area contributed by atoms with E-state index in [-0.39, 0.29) is 11.7 Å². The van der Waals surface area contributed by atoms with Crippen molar-refractivity contribution >= 4 is 17.5 Å². The van der Waals surface area contributed by atoms with E-state index in [4.69, 9.17) is 0 Å². The van der Waals surface area contributed by atoms with Gasteiger partial charge in [-0.15, -0.1) is 0 Å². The van der Waals surface area contributed by atoms with Gasteiger partial charge in [0.25, 0.3) is 0 Å². The Kier molecular flexibility index (Phi) is 5.29. The number of amides is 1. The van der Waals surface area contributed by atoms with Crippen LogP contribution in [0, 0.1) is 5.41 Å². The number of carbonyl (C=O) groups excluding carboxylic acids is 2. The lowest BCUT2D eigenvalue weighted by Crippen LogP contribution is -2.28. The van der Waals surface area contributed by atoms with Crippen LogP contribution in [0.4, 0.5) is 5.82 Å². The van der Waals surface area contributed by atoms with E-state index in [2.05, 4.69) is 27.4 Å². The molecule has 0 aliphatic heterocycles. The monoisotopic (exact) mass is 401 g/mol. The third kappa shape index (κ3) is 4.06. The number of nitrogens with one attached hydrogen (secondary N) is 2. The van der Waals surface area contributed by atoms with Gasteiger partial charge < -0.3 is 10.3 Å². The Morgan fingerprint density at radius 2 is 1.90 bits per heavy atom. The molecule has 1 aromatic carbocycles. The Morgan fingerprint density at radius 1 is 1.13 bits per heavy atom. The number of Topliss-reactive ketones (excluding diaryl/α,β-unsaturated/α-hetero) is 1. The molecule has 5 nitrogen and oxygen atoms in total. The number of aryl methyl sites for hydroxylation is 1. The quantitative estimate of drug-likeness (QED) is 0.633. The summed E-state index contributed by atoms with van der Waals surface area (Å²) in [6.07, 6.45) is 4.72. The number of hydrogen-bond acceptors (Lipinski definition) is 3. The van der Waals surface area contributed by atoms with E-state index in [0.717, 1.165) is 46.5 Å². The maximum atomic E-state index is 12.8. The topological polar surface area (TPSA) is 74.8 Å². The summed E-state index contributed by atoms with van der Waals surface area (Å²) in [6.45, 7) is 5.61. The summed E-state index contributed by atoms with van der Waals surface area (Å²) in [6, 6.07) is 14.0. The SMILES string of the molecule is CC(C)(C)C(=O)Nc1cc(-c2[nH]c3c(c2Cc2ccccc2)C(=O)CCC3)ccn1. The fourth-order valence-corrected chi connectivity index (χ4v) is 3.85. The molecule has 4 rings (SSSR count). The number of benzene rings is 1. The zero-order valence-electron chi connectivity index (χ0n) is 17.7. The van der Waals surface area contributed by atoms with Crippen LogP contribution in [-0.2, 0) is 17.6 Å². The largest absolute Gasteiger partial charge is 0.358 e. The molecule has 2 aromatic heterocycles. The molecule has 154 valence electrons.